The van der Waals surface area contributed by atoms with E-state index in [9.17, 15) is 13.2 Å². The number of carboxylic acid groups (broad SMARTS) is 1. The molecule has 0 amide bonds. The van der Waals surface area contributed by atoms with Gasteiger partial charge in [0.15, 0.2) is 0 Å². The highest BCUT2D eigenvalue weighted by Gasteiger charge is 2.44. The zero-order valence-corrected chi connectivity index (χ0v) is 12.2. The molecule has 1 aliphatic heterocycles. The minimum absolute atomic E-state index is 0.00328. The number of hydrogen-bond acceptors (Lipinski definition) is 4. The van der Waals surface area contributed by atoms with Gasteiger partial charge in [0.1, 0.15) is 5.75 Å². The van der Waals surface area contributed by atoms with E-state index in [4.69, 9.17) is 9.84 Å². The van der Waals surface area contributed by atoms with Crippen molar-refractivity contribution in [3.8, 4) is 5.75 Å². The molecular weight excluding hydrogens is 282 g/mol. The van der Waals surface area contributed by atoms with Crippen molar-refractivity contribution in [2.75, 3.05) is 20.2 Å². The summed E-state index contributed by atoms with van der Waals surface area (Å²) in [6.07, 6.45) is 0.317. The smallest absolute Gasteiger partial charge is 0.310 e. The Bertz CT molecular complexity index is 610. The van der Waals surface area contributed by atoms with Gasteiger partial charge in [0.2, 0.25) is 10.0 Å². The molecule has 0 aliphatic carbocycles. The largest absolute Gasteiger partial charge is 0.497 e. The van der Waals surface area contributed by atoms with Crippen molar-refractivity contribution in [2.24, 2.45) is 5.41 Å². The number of sulfonamides is 1. The lowest BCUT2D eigenvalue weighted by Crippen LogP contribution is -2.34. The highest BCUT2D eigenvalue weighted by molar-refractivity contribution is 7.89. The average molecular weight is 299 g/mol. The standard InChI is InChI=1S/C13H17NO5S/c1-13(12(15)16)7-8-14(9-13)20(17,18)11-5-3-10(19-2)4-6-11/h3-6H,7-9H2,1-2H3,(H,15,16). The van der Waals surface area contributed by atoms with E-state index in [0.29, 0.717) is 12.2 Å². The normalized spacial score (nSPS) is 23.7. The van der Waals surface area contributed by atoms with Gasteiger partial charge in [0.05, 0.1) is 17.4 Å². The molecule has 1 N–H and O–H groups in total. The molecule has 0 spiro atoms. The summed E-state index contributed by atoms with van der Waals surface area (Å²) in [5.74, 6) is -0.398. The minimum Gasteiger partial charge on any atom is -0.497 e. The van der Waals surface area contributed by atoms with E-state index in [2.05, 4.69) is 0 Å². The Morgan fingerprint density at radius 1 is 1.35 bits per heavy atom. The van der Waals surface area contributed by atoms with Crippen LogP contribution in [0.1, 0.15) is 13.3 Å². The molecule has 1 aromatic rings. The van der Waals surface area contributed by atoms with Crippen molar-refractivity contribution in [1.82, 2.24) is 4.31 Å². The Morgan fingerprint density at radius 2 is 1.95 bits per heavy atom. The fourth-order valence-electron chi connectivity index (χ4n) is 2.20. The third kappa shape index (κ3) is 2.51. The maximum absolute atomic E-state index is 12.4. The number of rotatable bonds is 4. The van der Waals surface area contributed by atoms with Gasteiger partial charge in [0.25, 0.3) is 0 Å². The molecule has 2 rings (SSSR count). The number of ether oxygens (including phenoxy) is 1. The number of carbonyl (C=O) groups is 1. The molecule has 6 nitrogen and oxygen atoms in total. The summed E-state index contributed by atoms with van der Waals surface area (Å²) in [4.78, 5) is 11.3. The lowest BCUT2D eigenvalue weighted by Gasteiger charge is -2.20. The number of nitrogens with zero attached hydrogens (tertiary/aromatic N) is 1. The minimum atomic E-state index is -3.65. The van der Waals surface area contributed by atoms with Gasteiger partial charge in [-0.25, -0.2) is 8.42 Å². The third-order valence-electron chi connectivity index (χ3n) is 3.65. The van der Waals surface area contributed by atoms with E-state index in [1.165, 1.54) is 23.5 Å². The van der Waals surface area contributed by atoms with Gasteiger partial charge in [-0.2, -0.15) is 4.31 Å². The number of carboxylic acids is 1. The third-order valence-corrected chi connectivity index (χ3v) is 5.51. The molecular formula is C13H17NO5S. The Balaban J connectivity index is 2.25. The van der Waals surface area contributed by atoms with E-state index >= 15 is 0 Å². The van der Waals surface area contributed by atoms with Crippen molar-refractivity contribution >= 4 is 16.0 Å². The van der Waals surface area contributed by atoms with Crippen LogP contribution in [0.5, 0.6) is 5.75 Å². The van der Waals surface area contributed by atoms with Crippen LogP contribution in [0, 0.1) is 5.41 Å². The van der Waals surface area contributed by atoms with Crippen LogP contribution < -0.4 is 4.74 Å². The van der Waals surface area contributed by atoms with Crippen molar-refractivity contribution in [3.05, 3.63) is 24.3 Å². The van der Waals surface area contributed by atoms with E-state index < -0.39 is 21.4 Å². The first-order valence-electron chi connectivity index (χ1n) is 6.17. The zero-order valence-electron chi connectivity index (χ0n) is 11.4. The molecule has 7 heteroatoms. The van der Waals surface area contributed by atoms with Gasteiger partial charge in [-0.15, -0.1) is 0 Å². The summed E-state index contributed by atoms with van der Waals surface area (Å²) >= 11 is 0. The van der Waals surface area contributed by atoms with Gasteiger partial charge in [-0.1, -0.05) is 0 Å². The van der Waals surface area contributed by atoms with Crippen LogP contribution in [0.15, 0.2) is 29.2 Å². The first-order valence-corrected chi connectivity index (χ1v) is 7.61. The molecule has 0 radical (unpaired) electrons. The molecule has 1 saturated heterocycles. The molecule has 0 aromatic heterocycles. The SMILES string of the molecule is COc1ccc(S(=O)(=O)N2CCC(C)(C(=O)O)C2)cc1. The second kappa shape index (κ2) is 5.06. The monoisotopic (exact) mass is 299 g/mol. The van der Waals surface area contributed by atoms with Gasteiger partial charge >= 0.3 is 5.97 Å². The number of benzene rings is 1. The van der Waals surface area contributed by atoms with E-state index in [1.807, 2.05) is 0 Å². The molecule has 110 valence electrons. The second-order valence-corrected chi connectivity index (χ2v) is 7.07. The molecule has 1 atom stereocenters. The number of hydrogen-bond donors (Lipinski definition) is 1. The molecule has 1 unspecified atom stereocenters. The van der Waals surface area contributed by atoms with Crippen LogP contribution in [0.2, 0.25) is 0 Å². The molecule has 20 heavy (non-hydrogen) atoms. The molecule has 1 heterocycles. The summed E-state index contributed by atoms with van der Waals surface area (Å²) < 4.78 is 31.1. The van der Waals surface area contributed by atoms with Crippen molar-refractivity contribution in [1.29, 1.82) is 0 Å². The van der Waals surface area contributed by atoms with E-state index in [1.54, 1.807) is 19.1 Å². The highest BCUT2D eigenvalue weighted by Crippen LogP contribution is 2.33. The van der Waals surface area contributed by atoms with E-state index in [0.717, 1.165) is 0 Å². The van der Waals surface area contributed by atoms with Gasteiger partial charge in [-0.05, 0) is 37.6 Å². The predicted molar refractivity (Wildman–Crippen MR) is 72.1 cm³/mol. The summed E-state index contributed by atoms with van der Waals surface area (Å²) in [6, 6.07) is 6.06. The predicted octanol–water partition coefficient (Wildman–Crippen LogP) is 1.18. The van der Waals surface area contributed by atoms with Gasteiger partial charge < -0.3 is 9.84 Å². The topological polar surface area (TPSA) is 83.9 Å². The van der Waals surface area contributed by atoms with Crippen LogP contribution in [0.25, 0.3) is 0 Å². The Morgan fingerprint density at radius 3 is 2.40 bits per heavy atom. The van der Waals surface area contributed by atoms with Gasteiger partial charge in [0, 0.05) is 13.1 Å². The van der Waals surface area contributed by atoms with E-state index in [-0.39, 0.29) is 18.0 Å². The number of methoxy groups -OCH3 is 1. The van der Waals surface area contributed by atoms with Crippen molar-refractivity contribution < 1.29 is 23.1 Å². The quantitative estimate of drug-likeness (QED) is 0.902. The van der Waals surface area contributed by atoms with Crippen LogP contribution in [-0.4, -0.2) is 44.0 Å². The fraction of sp³-hybridized carbons (Fsp3) is 0.462. The Kier molecular flexibility index (Phi) is 3.75. The lowest BCUT2D eigenvalue weighted by atomic mass is 9.90. The second-order valence-electron chi connectivity index (χ2n) is 5.13. The first kappa shape index (κ1) is 14.8. The Hall–Kier alpha value is -1.60. The summed E-state index contributed by atoms with van der Waals surface area (Å²) in [5.41, 5.74) is -1.01. The fourth-order valence-corrected chi connectivity index (χ4v) is 3.76. The maximum Gasteiger partial charge on any atom is 0.310 e. The summed E-state index contributed by atoms with van der Waals surface area (Å²) in [7, 11) is -2.15. The lowest BCUT2D eigenvalue weighted by molar-refractivity contribution is -0.146. The van der Waals surface area contributed by atoms with Crippen LogP contribution in [0.4, 0.5) is 0 Å². The van der Waals surface area contributed by atoms with Crippen LogP contribution in [-0.2, 0) is 14.8 Å². The molecule has 1 fully saturated rings. The average Bonchev–Trinajstić information content (AvgIpc) is 2.84. The number of aliphatic carboxylic acids is 1. The van der Waals surface area contributed by atoms with Crippen LogP contribution >= 0.6 is 0 Å². The molecule has 1 aliphatic rings. The summed E-state index contributed by atoms with van der Waals surface area (Å²) in [5, 5.41) is 9.16. The zero-order chi connectivity index (χ0) is 15.0. The van der Waals surface area contributed by atoms with Gasteiger partial charge in [-0.3, -0.25) is 4.79 Å². The Labute approximate surface area is 118 Å². The molecule has 0 saturated carbocycles. The first-order chi connectivity index (χ1) is 9.29. The molecule has 0 bridgehead atoms. The van der Waals surface area contributed by atoms with Crippen LogP contribution in [0.3, 0.4) is 0 Å². The maximum atomic E-state index is 12.4. The van der Waals surface area contributed by atoms with Crippen molar-refractivity contribution in [3.63, 3.8) is 0 Å². The van der Waals surface area contributed by atoms with Crippen molar-refractivity contribution in [2.45, 2.75) is 18.2 Å². The molecule has 1 aromatic carbocycles. The highest BCUT2D eigenvalue weighted by atomic mass is 32.2. The summed E-state index contributed by atoms with van der Waals surface area (Å²) in [6.45, 7) is 1.78.